The fourth-order valence-corrected chi connectivity index (χ4v) is 5.90. The van der Waals surface area contributed by atoms with Gasteiger partial charge in [0.05, 0.1) is 16.5 Å². The van der Waals surface area contributed by atoms with Gasteiger partial charge in [-0.3, -0.25) is 9.78 Å². The van der Waals surface area contributed by atoms with E-state index in [1.807, 2.05) is 24.4 Å². The average molecular weight is 441 g/mol. The summed E-state index contributed by atoms with van der Waals surface area (Å²) in [4.78, 5) is 26.7. The lowest BCUT2D eigenvalue weighted by Gasteiger charge is -2.41. The van der Waals surface area contributed by atoms with E-state index in [9.17, 15) is 9.90 Å². The van der Waals surface area contributed by atoms with Crippen molar-refractivity contribution in [3.63, 3.8) is 0 Å². The highest BCUT2D eigenvalue weighted by atomic mass is 35.5. The first kappa shape index (κ1) is 20.7. The van der Waals surface area contributed by atoms with Crippen molar-refractivity contribution in [2.75, 3.05) is 24.5 Å². The standard InChI is InChI=1S/C24H29ClN4O2/c25-21-13-18(17-3-1-10-26-14-17)15-27-22(21)28-11-2-8-24(16-28)9-12-29(23(24)31)19-4-6-20(30)7-5-19/h1,3,10,13-15,19-20,30H,2,4-9,11-12,16H2/t19-,20-,24?. The molecule has 0 radical (unpaired) electrons. The molecule has 0 bridgehead atoms. The number of amides is 1. The summed E-state index contributed by atoms with van der Waals surface area (Å²) in [5, 5.41) is 10.4. The van der Waals surface area contributed by atoms with Gasteiger partial charge in [0.15, 0.2) is 0 Å². The monoisotopic (exact) mass is 440 g/mol. The molecule has 164 valence electrons. The van der Waals surface area contributed by atoms with Crippen LogP contribution in [0, 0.1) is 5.41 Å². The molecular weight excluding hydrogens is 412 g/mol. The second kappa shape index (κ2) is 8.40. The van der Waals surface area contributed by atoms with Crippen molar-refractivity contribution >= 4 is 23.3 Å². The summed E-state index contributed by atoms with van der Waals surface area (Å²) in [7, 11) is 0. The fraction of sp³-hybridized carbons (Fsp3) is 0.542. The number of aliphatic hydroxyl groups excluding tert-OH is 1. The molecule has 2 aromatic heterocycles. The molecule has 7 heteroatoms. The Morgan fingerprint density at radius 3 is 2.68 bits per heavy atom. The van der Waals surface area contributed by atoms with Crippen LogP contribution in [0.3, 0.4) is 0 Å². The van der Waals surface area contributed by atoms with Crippen molar-refractivity contribution in [1.82, 2.24) is 14.9 Å². The number of aliphatic hydroxyl groups is 1. The molecule has 4 heterocycles. The number of piperidine rings is 1. The van der Waals surface area contributed by atoms with Gasteiger partial charge in [-0.1, -0.05) is 17.7 Å². The second-order valence-electron chi connectivity index (χ2n) is 9.29. The fourth-order valence-electron chi connectivity index (χ4n) is 5.61. The Kier molecular flexibility index (Phi) is 5.61. The van der Waals surface area contributed by atoms with Gasteiger partial charge in [0.25, 0.3) is 0 Å². The molecule has 31 heavy (non-hydrogen) atoms. The lowest BCUT2D eigenvalue weighted by molar-refractivity contribution is -0.139. The molecule has 1 aliphatic carbocycles. The number of nitrogens with zero attached hydrogens (tertiary/aromatic N) is 4. The van der Waals surface area contributed by atoms with Crippen LogP contribution < -0.4 is 4.90 Å². The van der Waals surface area contributed by atoms with Crippen LogP contribution in [0.5, 0.6) is 0 Å². The SMILES string of the molecule is O=C1N([C@H]2CC[C@H](O)CC2)CCC12CCCN(c1ncc(-c3cccnc3)cc1Cl)C2. The number of pyridine rings is 2. The van der Waals surface area contributed by atoms with Crippen molar-refractivity contribution < 1.29 is 9.90 Å². The first-order chi connectivity index (χ1) is 15.1. The molecule has 3 fully saturated rings. The Morgan fingerprint density at radius 1 is 1.10 bits per heavy atom. The maximum atomic E-state index is 13.5. The van der Waals surface area contributed by atoms with Gasteiger partial charge in [-0.25, -0.2) is 4.98 Å². The molecule has 1 unspecified atom stereocenters. The zero-order valence-electron chi connectivity index (χ0n) is 17.7. The van der Waals surface area contributed by atoms with Crippen LogP contribution in [-0.2, 0) is 4.79 Å². The zero-order chi connectivity index (χ0) is 21.4. The van der Waals surface area contributed by atoms with E-state index >= 15 is 0 Å². The Morgan fingerprint density at radius 2 is 1.94 bits per heavy atom. The van der Waals surface area contributed by atoms with E-state index < -0.39 is 0 Å². The van der Waals surface area contributed by atoms with Crippen molar-refractivity contribution in [2.45, 2.75) is 57.1 Å². The van der Waals surface area contributed by atoms with Gasteiger partial charge in [-0.2, -0.15) is 0 Å². The van der Waals surface area contributed by atoms with Gasteiger partial charge in [0, 0.05) is 55.4 Å². The normalized spacial score (nSPS) is 29.0. The van der Waals surface area contributed by atoms with E-state index in [2.05, 4.69) is 19.8 Å². The van der Waals surface area contributed by atoms with Crippen molar-refractivity contribution in [1.29, 1.82) is 0 Å². The van der Waals surface area contributed by atoms with Crippen molar-refractivity contribution in [3.8, 4) is 11.1 Å². The smallest absolute Gasteiger partial charge is 0.230 e. The molecule has 2 saturated heterocycles. The number of carbonyl (C=O) groups is 1. The molecule has 1 atom stereocenters. The summed E-state index contributed by atoms with van der Waals surface area (Å²) in [6, 6.07) is 6.12. The number of likely N-dealkylation sites (tertiary alicyclic amines) is 1. The first-order valence-electron chi connectivity index (χ1n) is 11.4. The van der Waals surface area contributed by atoms with Crippen LogP contribution in [0.25, 0.3) is 11.1 Å². The number of halogens is 1. The number of hydrogen-bond donors (Lipinski definition) is 1. The minimum atomic E-state index is -0.332. The van der Waals surface area contributed by atoms with Gasteiger partial charge in [-0.05, 0) is 57.1 Å². The maximum Gasteiger partial charge on any atom is 0.230 e. The molecular formula is C24H29ClN4O2. The third kappa shape index (κ3) is 3.92. The summed E-state index contributed by atoms with van der Waals surface area (Å²) in [5.41, 5.74) is 1.59. The van der Waals surface area contributed by atoms with E-state index in [1.54, 1.807) is 12.4 Å². The minimum absolute atomic E-state index is 0.198. The summed E-state index contributed by atoms with van der Waals surface area (Å²) in [6.07, 6.45) is 11.4. The number of anilines is 1. The zero-order valence-corrected chi connectivity index (χ0v) is 18.5. The number of hydrogen-bond acceptors (Lipinski definition) is 5. The molecule has 0 aromatic carbocycles. The van der Waals surface area contributed by atoms with Crippen LogP contribution in [0.4, 0.5) is 5.82 Å². The Hall–Kier alpha value is -2.18. The van der Waals surface area contributed by atoms with Crippen LogP contribution >= 0.6 is 11.6 Å². The average Bonchev–Trinajstić information content (AvgIpc) is 3.10. The van der Waals surface area contributed by atoms with Crippen LogP contribution in [0.15, 0.2) is 36.8 Å². The number of rotatable bonds is 3. The Balaban J connectivity index is 1.33. The number of carbonyl (C=O) groups excluding carboxylic acids is 1. The van der Waals surface area contributed by atoms with Crippen LogP contribution in [-0.4, -0.2) is 57.7 Å². The van der Waals surface area contributed by atoms with Gasteiger partial charge in [-0.15, -0.1) is 0 Å². The first-order valence-corrected chi connectivity index (χ1v) is 11.7. The van der Waals surface area contributed by atoms with Crippen molar-refractivity contribution in [2.24, 2.45) is 5.41 Å². The van der Waals surface area contributed by atoms with Gasteiger partial charge >= 0.3 is 0 Å². The number of aromatic nitrogens is 2. The molecule has 2 aliphatic heterocycles. The molecule has 1 amide bonds. The highest BCUT2D eigenvalue weighted by Crippen LogP contribution is 2.44. The van der Waals surface area contributed by atoms with Gasteiger partial charge in [0.2, 0.25) is 5.91 Å². The second-order valence-corrected chi connectivity index (χ2v) is 9.69. The predicted octanol–water partition coefficient (Wildman–Crippen LogP) is 3.92. The largest absolute Gasteiger partial charge is 0.393 e. The van der Waals surface area contributed by atoms with E-state index in [-0.39, 0.29) is 17.6 Å². The molecule has 1 N–H and O–H groups in total. The lowest BCUT2D eigenvalue weighted by Crippen LogP contribution is -2.50. The van der Waals surface area contributed by atoms with E-state index in [0.717, 1.165) is 75.0 Å². The molecule has 6 nitrogen and oxygen atoms in total. The topological polar surface area (TPSA) is 69.6 Å². The quantitative estimate of drug-likeness (QED) is 0.783. The predicted molar refractivity (Wildman–Crippen MR) is 121 cm³/mol. The summed E-state index contributed by atoms with van der Waals surface area (Å²) >= 11 is 6.66. The lowest BCUT2D eigenvalue weighted by atomic mass is 9.78. The van der Waals surface area contributed by atoms with Gasteiger partial charge in [0.1, 0.15) is 5.82 Å². The molecule has 1 spiro atoms. The van der Waals surface area contributed by atoms with Crippen LogP contribution in [0.2, 0.25) is 5.02 Å². The van der Waals surface area contributed by atoms with Crippen molar-refractivity contribution in [3.05, 3.63) is 41.8 Å². The molecule has 1 saturated carbocycles. The Bertz CT molecular complexity index is 948. The van der Waals surface area contributed by atoms with E-state index in [1.165, 1.54) is 0 Å². The maximum absolute atomic E-state index is 13.5. The minimum Gasteiger partial charge on any atom is -0.393 e. The molecule has 3 aliphatic rings. The molecule has 5 rings (SSSR count). The highest BCUT2D eigenvalue weighted by Gasteiger charge is 2.51. The Labute approximate surface area is 188 Å². The summed E-state index contributed by atoms with van der Waals surface area (Å²) in [6.45, 7) is 2.37. The summed E-state index contributed by atoms with van der Waals surface area (Å²) < 4.78 is 0. The van der Waals surface area contributed by atoms with E-state index in [4.69, 9.17) is 11.6 Å². The highest BCUT2D eigenvalue weighted by molar-refractivity contribution is 6.33. The summed E-state index contributed by atoms with van der Waals surface area (Å²) in [5.74, 6) is 1.06. The van der Waals surface area contributed by atoms with E-state index in [0.29, 0.717) is 17.5 Å². The third-order valence-electron chi connectivity index (χ3n) is 7.35. The third-order valence-corrected chi connectivity index (χ3v) is 7.62. The van der Waals surface area contributed by atoms with Crippen LogP contribution in [0.1, 0.15) is 44.9 Å². The molecule has 2 aromatic rings. The van der Waals surface area contributed by atoms with Gasteiger partial charge < -0.3 is 14.9 Å².